The topological polar surface area (TPSA) is 61.4 Å². The average molecular weight is 376 g/mol. The van der Waals surface area contributed by atoms with E-state index < -0.39 is 11.2 Å². The molecule has 0 bridgehead atoms. The fourth-order valence-corrected chi connectivity index (χ4v) is 5.07. The molecular weight excluding hydrogens is 350 g/mol. The number of rotatable bonds is 1. The monoisotopic (exact) mass is 375 g/mol. The van der Waals surface area contributed by atoms with Crippen molar-refractivity contribution in [3.05, 3.63) is 29.3 Å². The maximum Gasteiger partial charge on any atom is 0.330 e. The Labute approximate surface area is 159 Å². The summed E-state index contributed by atoms with van der Waals surface area (Å²) in [6, 6.07) is 6.67. The molecule has 2 saturated carbocycles. The van der Waals surface area contributed by atoms with E-state index in [1.807, 2.05) is 0 Å². The minimum absolute atomic E-state index is 0.0365. The van der Waals surface area contributed by atoms with Crippen LogP contribution in [0.2, 0.25) is 5.02 Å². The van der Waals surface area contributed by atoms with Gasteiger partial charge in [0.1, 0.15) is 11.2 Å². The van der Waals surface area contributed by atoms with E-state index in [-0.39, 0.29) is 11.9 Å². The number of nitrogens with zero attached hydrogens (tertiary/aromatic N) is 1. The van der Waals surface area contributed by atoms with Crippen LogP contribution in [0.25, 0.3) is 0 Å². The molecule has 1 aliphatic heterocycles. The Balaban J connectivity index is 1.63. The van der Waals surface area contributed by atoms with E-state index in [1.54, 1.807) is 24.3 Å². The molecule has 1 aromatic rings. The third-order valence-corrected chi connectivity index (χ3v) is 6.45. The van der Waals surface area contributed by atoms with Gasteiger partial charge >= 0.3 is 6.03 Å². The van der Waals surface area contributed by atoms with Crippen LogP contribution in [0, 0.1) is 0 Å². The van der Waals surface area contributed by atoms with Gasteiger partial charge in [0.2, 0.25) is 0 Å². The second-order valence-electron chi connectivity index (χ2n) is 7.94. The van der Waals surface area contributed by atoms with Crippen LogP contribution in [0.4, 0.5) is 10.5 Å². The highest BCUT2D eigenvalue weighted by molar-refractivity contribution is 6.30. The minimum Gasteiger partial charge on any atom is -0.307 e. The summed E-state index contributed by atoms with van der Waals surface area (Å²) in [6.07, 6.45) is 9.85. The van der Waals surface area contributed by atoms with Gasteiger partial charge in [-0.3, -0.25) is 10.1 Å². The van der Waals surface area contributed by atoms with E-state index in [1.165, 1.54) is 11.3 Å². The van der Waals surface area contributed by atoms with Crippen molar-refractivity contribution < 1.29 is 9.59 Å². The largest absolute Gasteiger partial charge is 0.330 e. The van der Waals surface area contributed by atoms with Crippen LogP contribution in [0.15, 0.2) is 24.3 Å². The van der Waals surface area contributed by atoms with Crippen LogP contribution in [0.3, 0.4) is 0 Å². The van der Waals surface area contributed by atoms with Crippen LogP contribution in [0.1, 0.15) is 64.2 Å². The Morgan fingerprint density at radius 1 is 0.962 bits per heavy atom. The van der Waals surface area contributed by atoms with Crippen LogP contribution in [0.5, 0.6) is 0 Å². The highest BCUT2D eigenvalue weighted by atomic mass is 35.5. The van der Waals surface area contributed by atoms with E-state index >= 15 is 0 Å². The Bertz CT molecular complexity index is 692. The quantitative estimate of drug-likeness (QED) is 0.749. The maximum atomic E-state index is 13.4. The Hall–Kier alpha value is -1.59. The third kappa shape index (κ3) is 3.01. The number of imide groups is 1. The van der Waals surface area contributed by atoms with Gasteiger partial charge in [-0.1, -0.05) is 37.3 Å². The SMILES string of the molecule is O=C(Nc1ccc(Cl)cc1)N1C(=O)C2(CCCCC2)NC12CCCCC2. The van der Waals surface area contributed by atoms with E-state index in [0.717, 1.165) is 57.8 Å². The molecule has 2 spiro atoms. The minimum atomic E-state index is -0.549. The summed E-state index contributed by atoms with van der Waals surface area (Å²) in [5.41, 5.74) is -0.418. The van der Waals surface area contributed by atoms with Crippen LogP contribution in [-0.4, -0.2) is 28.0 Å². The first kappa shape index (κ1) is 17.8. The summed E-state index contributed by atoms with van der Waals surface area (Å²) in [7, 11) is 0. The van der Waals surface area contributed by atoms with Crippen LogP contribution in [-0.2, 0) is 4.79 Å². The number of nitrogens with one attached hydrogen (secondary N) is 2. The summed E-state index contributed by atoms with van der Waals surface area (Å²) < 4.78 is 0. The smallest absolute Gasteiger partial charge is 0.307 e. The number of carbonyl (C=O) groups is 2. The number of benzene rings is 1. The third-order valence-electron chi connectivity index (χ3n) is 6.20. The van der Waals surface area contributed by atoms with Gasteiger partial charge in [-0.25, -0.2) is 9.69 Å². The molecule has 5 nitrogen and oxygen atoms in total. The van der Waals surface area contributed by atoms with Gasteiger partial charge in [0.25, 0.3) is 5.91 Å². The zero-order valence-corrected chi connectivity index (χ0v) is 15.8. The van der Waals surface area contributed by atoms with Gasteiger partial charge in [0, 0.05) is 10.7 Å². The summed E-state index contributed by atoms with van der Waals surface area (Å²) in [5.74, 6) is -0.0365. The number of halogens is 1. The molecule has 0 unspecified atom stereocenters. The lowest BCUT2D eigenvalue weighted by atomic mass is 9.81. The molecule has 26 heavy (non-hydrogen) atoms. The summed E-state index contributed by atoms with van der Waals surface area (Å²) in [6.45, 7) is 0. The number of urea groups is 1. The lowest BCUT2D eigenvalue weighted by Gasteiger charge is -2.40. The fourth-order valence-electron chi connectivity index (χ4n) is 4.94. The van der Waals surface area contributed by atoms with Gasteiger partial charge in [0.15, 0.2) is 0 Å². The van der Waals surface area contributed by atoms with Gasteiger partial charge in [0.05, 0.1) is 0 Å². The first-order valence-corrected chi connectivity index (χ1v) is 10.1. The van der Waals surface area contributed by atoms with Gasteiger partial charge < -0.3 is 5.32 Å². The molecule has 1 heterocycles. The second-order valence-corrected chi connectivity index (χ2v) is 8.37. The van der Waals surface area contributed by atoms with E-state index in [9.17, 15) is 9.59 Å². The molecule has 3 amide bonds. The van der Waals surface area contributed by atoms with E-state index in [2.05, 4.69) is 10.6 Å². The van der Waals surface area contributed by atoms with Crippen molar-refractivity contribution in [2.75, 3.05) is 5.32 Å². The van der Waals surface area contributed by atoms with Gasteiger partial charge in [-0.05, 0) is 62.8 Å². The molecule has 0 aromatic heterocycles. The van der Waals surface area contributed by atoms with Crippen molar-refractivity contribution in [1.29, 1.82) is 0 Å². The lowest BCUT2D eigenvalue weighted by Crippen LogP contribution is -2.58. The van der Waals surface area contributed by atoms with Gasteiger partial charge in [-0.2, -0.15) is 0 Å². The average Bonchev–Trinajstić information content (AvgIpc) is 2.86. The highest BCUT2D eigenvalue weighted by Crippen LogP contribution is 2.44. The van der Waals surface area contributed by atoms with Crippen molar-refractivity contribution in [2.45, 2.75) is 75.4 Å². The zero-order chi connectivity index (χ0) is 18.2. The molecule has 4 rings (SSSR count). The molecule has 2 N–H and O–H groups in total. The molecule has 1 aromatic carbocycles. The maximum absolute atomic E-state index is 13.4. The molecule has 3 fully saturated rings. The number of hydrogen-bond acceptors (Lipinski definition) is 3. The van der Waals surface area contributed by atoms with E-state index in [0.29, 0.717) is 10.7 Å². The van der Waals surface area contributed by atoms with Crippen molar-refractivity contribution in [1.82, 2.24) is 10.2 Å². The molecule has 1 saturated heterocycles. The van der Waals surface area contributed by atoms with Crippen LogP contribution < -0.4 is 10.6 Å². The second kappa shape index (κ2) is 6.86. The summed E-state index contributed by atoms with van der Waals surface area (Å²) in [4.78, 5) is 28.1. The first-order chi connectivity index (χ1) is 12.5. The number of carbonyl (C=O) groups excluding carboxylic acids is 2. The van der Waals surface area contributed by atoms with Crippen molar-refractivity contribution in [3.8, 4) is 0 Å². The summed E-state index contributed by atoms with van der Waals surface area (Å²) in [5, 5.41) is 7.21. The number of amides is 3. The van der Waals surface area contributed by atoms with Crippen molar-refractivity contribution in [3.63, 3.8) is 0 Å². The molecule has 2 aliphatic carbocycles. The molecule has 0 atom stereocenters. The zero-order valence-electron chi connectivity index (χ0n) is 15.0. The molecular formula is C20H26ClN3O2. The molecule has 3 aliphatic rings. The Morgan fingerprint density at radius 2 is 1.54 bits per heavy atom. The van der Waals surface area contributed by atoms with E-state index in [4.69, 9.17) is 11.6 Å². The van der Waals surface area contributed by atoms with Crippen molar-refractivity contribution >= 4 is 29.2 Å². The summed E-state index contributed by atoms with van der Waals surface area (Å²) >= 11 is 5.93. The van der Waals surface area contributed by atoms with Gasteiger partial charge in [-0.15, -0.1) is 0 Å². The molecule has 6 heteroatoms. The highest BCUT2D eigenvalue weighted by Gasteiger charge is 2.60. The lowest BCUT2D eigenvalue weighted by molar-refractivity contribution is -0.132. The number of hydrogen-bond donors (Lipinski definition) is 2. The van der Waals surface area contributed by atoms with Crippen LogP contribution >= 0.6 is 11.6 Å². The Morgan fingerprint density at radius 3 is 2.15 bits per heavy atom. The van der Waals surface area contributed by atoms with Crippen molar-refractivity contribution in [2.24, 2.45) is 0 Å². The predicted molar refractivity (Wildman–Crippen MR) is 102 cm³/mol. The number of anilines is 1. The normalized spacial score (nSPS) is 24.2. The first-order valence-electron chi connectivity index (χ1n) is 9.75. The molecule has 140 valence electrons. The predicted octanol–water partition coefficient (Wildman–Crippen LogP) is 4.67. The standard InChI is InChI=1S/C20H26ClN3O2/c21-15-7-9-16(10-8-15)22-18(26)24-17(25)19(11-3-1-4-12-19)23-20(24)13-5-2-6-14-20/h7-10,23H,1-6,11-14H2,(H,22,26). The fraction of sp³-hybridized carbons (Fsp3) is 0.600. The Kier molecular flexibility index (Phi) is 4.70. The molecule has 0 radical (unpaired) electrons.